The number of hydrogen-bond acceptors (Lipinski definition) is 6. The summed E-state index contributed by atoms with van der Waals surface area (Å²) in [5, 5.41) is 7.62. The molecule has 3 aromatic heterocycles. The lowest BCUT2D eigenvalue weighted by Crippen LogP contribution is -2.44. The number of rotatable bonds is 5. The fraction of sp³-hybridized carbons (Fsp3) is 0.444. The van der Waals surface area contributed by atoms with Gasteiger partial charge in [-0.3, -0.25) is 9.78 Å². The number of pyridine rings is 2. The maximum Gasteiger partial charge on any atom is 0.255 e. The van der Waals surface area contributed by atoms with Crippen molar-refractivity contribution in [2.24, 2.45) is 0 Å². The Kier molecular flexibility index (Phi) is 6.58. The topological polar surface area (TPSA) is 69.0 Å². The quantitative estimate of drug-likeness (QED) is 0.615. The highest BCUT2D eigenvalue weighted by Gasteiger charge is 2.22. The molecule has 1 N–H and O–H groups in total. The Morgan fingerprint density at radius 1 is 1.00 bits per heavy atom. The van der Waals surface area contributed by atoms with Crippen molar-refractivity contribution in [1.82, 2.24) is 29.7 Å². The zero-order valence-corrected chi connectivity index (χ0v) is 21.0. The first kappa shape index (κ1) is 23.5. The normalized spacial score (nSPS) is 18.2. The minimum absolute atomic E-state index is 0.0628. The van der Waals surface area contributed by atoms with Crippen molar-refractivity contribution in [2.75, 3.05) is 58.3 Å². The smallest absolute Gasteiger partial charge is 0.255 e. The van der Waals surface area contributed by atoms with E-state index in [2.05, 4.69) is 56.8 Å². The van der Waals surface area contributed by atoms with E-state index in [1.807, 2.05) is 31.5 Å². The molecule has 0 saturated carbocycles. The molecular formula is C27H35N7O. The largest absolute Gasteiger partial charge is 0.368 e. The number of nitrogens with zero attached hydrogens (tertiary/aromatic N) is 6. The second-order valence-electron chi connectivity index (χ2n) is 9.95. The third kappa shape index (κ3) is 4.94. The molecule has 2 saturated heterocycles. The summed E-state index contributed by atoms with van der Waals surface area (Å²) in [6.07, 6.45) is 7.46. The zero-order valence-electron chi connectivity index (χ0n) is 21.0. The molecule has 184 valence electrons. The van der Waals surface area contributed by atoms with Crippen LogP contribution in [0, 0.1) is 6.92 Å². The van der Waals surface area contributed by atoms with Crippen molar-refractivity contribution in [1.29, 1.82) is 0 Å². The standard InChI is InChI=1S/C27H35N7O/c1-19(24-16-23(17-28-20(24)2)33-13-11-32(4)12-14-33)21-5-10-34-26(15-21)25(18-29-34)27(35)30-22-6-8-31(3)9-7-22/h5,10,15-18,22H,1,6-9,11-14H2,2-4H3,(H,30,35). The molecule has 5 rings (SSSR count). The minimum atomic E-state index is -0.0628. The summed E-state index contributed by atoms with van der Waals surface area (Å²) >= 11 is 0. The van der Waals surface area contributed by atoms with E-state index in [-0.39, 0.29) is 11.9 Å². The first-order chi connectivity index (χ1) is 16.9. The molecule has 0 aromatic carbocycles. The van der Waals surface area contributed by atoms with Crippen LogP contribution in [0.25, 0.3) is 11.1 Å². The van der Waals surface area contributed by atoms with Gasteiger partial charge in [0.1, 0.15) is 0 Å². The third-order valence-electron chi connectivity index (χ3n) is 7.43. The Balaban J connectivity index is 1.39. The van der Waals surface area contributed by atoms with E-state index in [0.29, 0.717) is 5.56 Å². The van der Waals surface area contributed by atoms with Crippen molar-refractivity contribution < 1.29 is 4.79 Å². The third-order valence-corrected chi connectivity index (χ3v) is 7.43. The molecule has 0 aliphatic carbocycles. The number of piperidine rings is 1. The monoisotopic (exact) mass is 473 g/mol. The number of fused-ring (bicyclic) bond motifs is 1. The predicted molar refractivity (Wildman–Crippen MR) is 140 cm³/mol. The lowest BCUT2D eigenvalue weighted by Gasteiger charge is -2.34. The maximum absolute atomic E-state index is 13.1. The van der Waals surface area contributed by atoms with Crippen LogP contribution < -0.4 is 10.2 Å². The Labute approximate surface area is 207 Å². The Hall–Kier alpha value is -3.23. The van der Waals surface area contributed by atoms with Gasteiger partial charge in [-0.25, -0.2) is 4.52 Å². The molecule has 2 aliphatic heterocycles. The van der Waals surface area contributed by atoms with Crippen LogP contribution in [-0.2, 0) is 0 Å². The Bertz CT molecular complexity index is 1230. The van der Waals surface area contributed by atoms with E-state index in [9.17, 15) is 4.79 Å². The first-order valence-electron chi connectivity index (χ1n) is 12.5. The number of amides is 1. The molecule has 0 unspecified atom stereocenters. The SMILES string of the molecule is C=C(c1ccn2ncc(C(=O)NC3CCN(C)CC3)c2c1)c1cc(N2CCN(C)CC2)cnc1C. The number of hydrogen-bond donors (Lipinski definition) is 1. The van der Waals surface area contributed by atoms with Crippen molar-refractivity contribution in [3.8, 4) is 0 Å². The van der Waals surface area contributed by atoms with Crippen LogP contribution in [0.5, 0.6) is 0 Å². The molecule has 35 heavy (non-hydrogen) atoms. The summed E-state index contributed by atoms with van der Waals surface area (Å²) in [7, 11) is 4.28. The molecular weight excluding hydrogens is 438 g/mol. The molecule has 0 bridgehead atoms. The average molecular weight is 474 g/mol. The molecule has 0 spiro atoms. The summed E-state index contributed by atoms with van der Waals surface area (Å²) in [6.45, 7) is 12.5. The van der Waals surface area contributed by atoms with E-state index in [0.717, 1.165) is 85.7 Å². The second-order valence-corrected chi connectivity index (χ2v) is 9.95. The molecule has 2 aliphatic rings. The lowest BCUT2D eigenvalue weighted by atomic mass is 9.98. The number of carbonyl (C=O) groups is 1. The highest BCUT2D eigenvalue weighted by Crippen LogP contribution is 2.29. The van der Waals surface area contributed by atoms with Gasteiger partial charge in [-0.05, 0) is 76.3 Å². The number of aromatic nitrogens is 3. The second kappa shape index (κ2) is 9.79. The van der Waals surface area contributed by atoms with Crippen LogP contribution in [0.15, 0.2) is 43.4 Å². The number of anilines is 1. The Morgan fingerprint density at radius 2 is 1.71 bits per heavy atom. The lowest BCUT2D eigenvalue weighted by molar-refractivity contribution is 0.0918. The number of aryl methyl sites for hydroxylation is 1. The van der Waals surface area contributed by atoms with Crippen LogP contribution in [0.1, 0.15) is 40.0 Å². The maximum atomic E-state index is 13.1. The molecule has 8 nitrogen and oxygen atoms in total. The fourth-order valence-corrected chi connectivity index (χ4v) is 4.98. The first-order valence-corrected chi connectivity index (χ1v) is 12.5. The summed E-state index contributed by atoms with van der Waals surface area (Å²) in [5.74, 6) is -0.0628. The fourth-order valence-electron chi connectivity index (χ4n) is 4.98. The number of nitrogens with one attached hydrogen (secondary N) is 1. The summed E-state index contributed by atoms with van der Waals surface area (Å²) in [4.78, 5) is 24.8. The number of carbonyl (C=O) groups excluding carboxylic acids is 1. The van der Waals surface area contributed by atoms with Gasteiger partial charge < -0.3 is 20.0 Å². The molecule has 1 amide bonds. The van der Waals surface area contributed by atoms with Gasteiger partial charge in [-0.1, -0.05) is 6.58 Å². The number of likely N-dealkylation sites (N-methyl/N-ethyl adjacent to an activating group) is 1. The van der Waals surface area contributed by atoms with Crippen molar-refractivity contribution in [3.05, 3.63) is 65.8 Å². The summed E-state index contributed by atoms with van der Waals surface area (Å²) < 4.78 is 1.76. The van der Waals surface area contributed by atoms with Crippen LogP contribution >= 0.6 is 0 Å². The van der Waals surface area contributed by atoms with Gasteiger partial charge in [0.05, 0.1) is 29.2 Å². The van der Waals surface area contributed by atoms with E-state index >= 15 is 0 Å². The van der Waals surface area contributed by atoms with E-state index in [1.54, 1.807) is 10.7 Å². The van der Waals surface area contributed by atoms with Crippen molar-refractivity contribution >= 4 is 22.7 Å². The van der Waals surface area contributed by atoms with Crippen LogP contribution in [0.2, 0.25) is 0 Å². The van der Waals surface area contributed by atoms with Gasteiger partial charge in [-0.15, -0.1) is 0 Å². The average Bonchev–Trinajstić information content (AvgIpc) is 3.29. The summed E-state index contributed by atoms with van der Waals surface area (Å²) in [5.41, 5.74) is 6.35. The molecule has 0 atom stereocenters. The van der Waals surface area contributed by atoms with Crippen LogP contribution in [0.4, 0.5) is 5.69 Å². The van der Waals surface area contributed by atoms with Gasteiger partial charge in [0, 0.05) is 49.7 Å². The van der Waals surface area contributed by atoms with Crippen LogP contribution in [0.3, 0.4) is 0 Å². The predicted octanol–water partition coefficient (Wildman–Crippen LogP) is 2.68. The zero-order chi connectivity index (χ0) is 24.5. The van der Waals surface area contributed by atoms with Crippen molar-refractivity contribution in [2.45, 2.75) is 25.8 Å². The van der Waals surface area contributed by atoms with Gasteiger partial charge >= 0.3 is 0 Å². The van der Waals surface area contributed by atoms with Gasteiger partial charge in [0.2, 0.25) is 0 Å². The Morgan fingerprint density at radius 3 is 2.46 bits per heavy atom. The van der Waals surface area contributed by atoms with Crippen molar-refractivity contribution in [3.63, 3.8) is 0 Å². The highest BCUT2D eigenvalue weighted by atomic mass is 16.1. The minimum Gasteiger partial charge on any atom is -0.368 e. The highest BCUT2D eigenvalue weighted by molar-refractivity contribution is 6.01. The molecule has 8 heteroatoms. The van der Waals surface area contributed by atoms with E-state index < -0.39 is 0 Å². The number of piperazine rings is 1. The molecule has 3 aromatic rings. The molecule has 0 radical (unpaired) electrons. The van der Waals surface area contributed by atoms with E-state index in [1.165, 1.54) is 0 Å². The van der Waals surface area contributed by atoms with Gasteiger partial charge in [-0.2, -0.15) is 5.10 Å². The molecule has 2 fully saturated rings. The number of likely N-dealkylation sites (tertiary alicyclic amines) is 1. The molecule has 5 heterocycles. The van der Waals surface area contributed by atoms with Crippen LogP contribution in [-0.4, -0.2) is 89.7 Å². The summed E-state index contributed by atoms with van der Waals surface area (Å²) in [6, 6.07) is 6.42. The van der Waals surface area contributed by atoms with Gasteiger partial charge in [0.15, 0.2) is 0 Å². The van der Waals surface area contributed by atoms with Gasteiger partial charge in [0.25, 0.3) is 5.91 Å². The van der Waals surface area contributed by atoms with E-state index in [4.69, 9.17) is 0 Å².